The van der Waals surface area contributed by atoms with Crippen LogP contribution in [0, 0.1) is 48.7 Å². The number of rotatable bonds is 22. The molecule has 0 spiro atoms. The monoisotopic (exact) mass is 2020 g/mol. The summed E-state index contributed by atoms with van der Waals surface area (Å²) in [7, 11) is 0. The molecule has 3 aromatic carbocycles. The van der Waals surface area contributed by atoms with Gasteiger partial charge in [-0.1, -0.05) is 472 Å². The molecule has 0 radical (unpaired) electrons. The largest absolute Gasteiger partial charge is 0.469 e. The number of hydrogen-bond acceptors (Lipinski definition) is 10. The third-order valence-corrected chi connectivity index (χ3v) is 26.0. The van der Waals surface area contributed by atoms with Crippen LogP contribution in [-0.2, 0) is 107 Å². The Morgan fingerprint density at radius 3 is 1.16 bits per heavy atom. The van der Waals surface area contributed by atoms with Gasteiger partial charge in [-0.15, -0.1) is 11.3 Å². The number of pyridine rings is 1. The molecule has 10 heteroatoms. The molecule has 9 nitrogen and oxygen atoms in total. The summed E-state index contributed by atoms with van der Waals surface area (Å²) in [5, 5.41) is 16.9. The molecule has 0 N–H and O–H groups in total. The molecule has 9 rings (SSSR count). The number of aryl methyl sites for hydroxylation is 7. The van der Waals surface area contributed by atoms with E-state index in [1.807, 2.05) is 30.4 Å². The first-order valence-electron chi connectivity index (χ1n) is 56.4. The highest BCUT2D eigenvalue weighted by atomic mass is 32.1. The van der Waals surface area contributed by atoms with Gasteiger partial charge in [-0.2, -0.15) is 20.4 Å². The SMILES string of the molecule is CC(C)(C)CCCCCc1ccc(C(C)(C)C)cc1.CC(C)(C)CCCCc1cnc(C(C)(C)C)cn1.CC(C)(C)CCCc1cccc(C(C)(C)C)c1.CC(C)(C)CCc1cc(C(C)(C)C)cnn1.CC(C)(C)CCc1ccc(C(C)(C)C)nn1.CC(C)(C)CCc1ccccc1C(C)(C)C.CC(C)(C)CCc1scnc1C(C)(C)C.CC(C)(C)Cc1cccc(C(C)(C)C)n1.CC(C)(C)Cc1coc(C(C)(C)C)c1. The molecular weight excluding hydrogens is 1790 g/mol. The number of furan rings is 1. The maximum atomic E-state index is 5.57. The molecule has 0 bridgehead atoms. The van der Waals surface area contributed by atoms with Crippen molar-refractivity contribution in [3.8, 4) is 0 Å². The lowest BCUT2D eigenvalue weighted by atomic mass is 9.80. The zero-order chi connectivity index (χ0) is 113. The van der Waals surface area contributed by atoms with Gasteiger partial charge in [-0.05, 0) is 273 Å². The molecule has 0 saturated carbocycles. The maximum absolute atomic E-state index is 5.57. The van der Waals surface area contributed by atoms with Gasteiger partial charge in [0.15, 0.2) is 0 Å². The normalized spacial score (nSPS) is 12.9. The van der Waals surface area contributed by atoms with Gasteiger partial charge in [0.05, 0.1) is 52.1 Å². The lowest BCUT2D eigenvalue weighted by Crippen LogP contribution is -2.16. The number of hydrogen-bond donors (Lipinski definition) is 0. The van der Waals surface area contributed by atoms with Crippen molar-refractivity contribution in [2.24, 2.45) is 48.7 Å². The summed E-state index contributed by atoms with van der Waals surface area (Å²) < 4.78 is 5.57. The molecule has 0 aliphatic carbocycles. The summed E-state index contributed by atoms with van der Waals surface area (Å²) >= 11 is 1.81. The van der Waals surface area contributed by atoms with Crippen LogP contribution in [0.1, 0.15) is 558 Å². The lowest BCUT2D eigenvalue weighted by molar-refractivity contribution is 0.358. The lowest BCUT2D eigenvalue weighted by Gasteiger charge is -2.25. The standard InChI is InChI=1S/C19H32.C17H28.C16H28N2.C16H26.2C14H24N2.C14H23N.C13H23NS.C13H22O/c1-18(2,3)15-9-7-8-10-16-11-13-17(14-12-16)19(4,5)6;1-16(2,3)12-8-10-14-9-7-11-15(13-14)17(4,5)6;1-15(2,3)10-8-7-9-13-11-18-14(12-17-13)16(4,5)6;1-15(2,3)12-11-13-9-7-8-10-14(13)16(4,5)6;1-13(2,3)8-7-12-9-11(10-15-16-12)14(4,5)6;1-13(2,3)10-9-11-7-8-12(16-15-11)14(4,5)6;1-13(2,3)10-11-8-7-9-12(15-11)14(4,5)6;1-12(2,3)8-7-10-11(13(4,5)6)14-9-15-10;1-12(2,3)8-10-7-11(14-9-10)13(4,5)6/h11-14H,7-10,15H2,1-6H3;7,9,11,13H,8,10,12H2,1-6H3;11-12H,7-10H2,1-6H3;7-10H,11-12H2,1-6H3;9-10H,7-8H2,1-6H3;7-8H,9-10H2,1-6H3;7-9H,10H2,1-6H3;9H,7-8H2,1-6H3;7,9H,8H2,1-6H3. The van der Waals surface area contributed by atoms with E-state index in [4.69, 9.17) is 9.40 Å². The Balaban J connectivity index is 0.000000822. The van der Waals surface area contributed by atoms with Crippen molar-refractivity contribution in [2.45, 2.75) is 564 Å². The average molecular weight is 2030 g/mol. The highest BCUT2D eigenvalue weighted by Crippen LogP contribution is 2.37. The molecule has 6 heterocycles. The minimum Gasteiger partial charge on any atom is -0.469 e. The van der Waals surface area contributed by atoms with Gasteiger partial charge in [-0.25, -0.2) is 4.98 Å². The quantitative estimate of drug-likeness (QED) is 0.0612. The molecule has 0 saturated heterocycles. The fourth-order valence-corrected chi connectivity index (χ4v) is 16.5. The summed E-state index contributed by atoms with van der Waals surface area (Å²) in [6, 6.07) is 42.1. The second kappa shape index (κ2) is 58.1. The Bertz CT molecular complexity index is 5030. The van der Waals surface area contributed by atoms with E-state index in [0.717, 1.165) is 79.2 Å². The first kappa shape index (κ1) is 137. The van der Waals surface area contributed by atoms with Crippen LogP contribution in [0.2, 0.25) is 0 Å². The number of aromatic nitrogens is 8. The van der Waals surface area contributed by atoms with Gasteiger partial charge in [0, 0.05) is 55.7 Å². The smallest absolute Gasteiger partial charge is 0.109 e. The van der Waals surface area contributed by atoms with Crippen molar-refractivity contribution in [1.29, 1.82) is 0 Å². The Morgan fingerprint density at radius 2 is 0.712 bits per heavy atom. The molecule has 0 aliphatic rings. The molecule has 0 fully saturated rings. The van der Waals surface area contributed by atoms with Gasteiger partial charge >= 0.3 is 0 Å². The Labute approximate surface area is 908 Å². The van der Waals surface area contributed by atoms with E-state index in [2.05, 4.69) is 524 Å². The number of unbranched alkanes of at least 4 members (excludes halogenated alkanes) is 3. The number of nitrogens with zero attached hydrogens (tertiary/aromatic N) is 8. The van der Waals surface area contributed by atoms with Crippen molar-refractivity contribution in [3.05, 3.63) is 246 Å². The second-order valence-electron chi connectivity index (χ2n) is 62.5. The molecular formula is C136H230N8OS. The average Bonchev–Trinajstić information content (AvgIpc) is 1.66. The highest BCUT2D eigenvalue weighted by molar-refractivity contribution is 7.09. The number of benzene rings is 3. The van der Waals surface area contributed by atoms with E-state index >= 15 is 0 Å². The van der Waals surface area contributed by atoms with Crippen LogP contribution >= 0.6 is 11.3 Å². The van der Waals surface area contributed by atoms with Crippen LogP contribution in [0.15, 0.2) is 150 Å². The molecule has 0 unspecified atom stereocenters. The van der Waals surface area contributed by atoms with Gasteiger partial charge in [0.25, 0.3) is 0 Å². The zero-order valence-corrected chi connectivity index (χ0v) is 107. The van der Waals surface area contributed by atoms with Crippen LogP contribution in [0.4, 0.5) is 0 Å². The fourth-order valence-electron chi connectivity index (χ4n) is 15.6. The third-order valence-electron chi connectivity index (χ3n) is 25.1. The predicted octanol–water partition coefficient (Wildman–Crippen LogP) is 41.0. The fraction of sp³-hybridized carbons (Fsp3) is 0.691. The molecule has 0 atom stereocenters. The van der Waals surface area contributed by atoms with Crippen molar-refractivity contribution < 1.29 is 4.42 Å². The molecule has 9 aromatic rings. The molecule has 0 amide bonds. The molecule has 826 valence electrons. The molecule has 6 aromatic heterocycles. The Morgan fingerprint density at radius 1 is 0.247 bits per heavy atom. The van der Waals surface area contributed by atoms with Gasteiger partial charge in [0.2, 0.25) is 0 Å². The van der Waals surface area contributed by atoms with Gasteiger partial charge in [0.1, 0.15) is 5.76 Å². The van der Waals surface area contributed by atoms with E-state index in [1.54, 1.807) is 11.3 Å². The molecule has 146 heavy (non-hydrogen) atoms. The van der Waals surface area contributed by atoms with Crippen molar-refractivity contribution in [2.75, 3.05) is 0 Å². The second-order valence-corrected chi connectivity index (χ2v) is 63.5. The van der Waals surface area contributed by atoms with E-state index in [0.29, 0.717) is 48.7 Å². The summed E-state index contributed by atoms with van der Waals surface area (Å²) in [5.41, 5.74) is 27.8. The number of thiazole rings is 1. The zero-order valence-electron chi connectivity index (χ0n) is 106. The third kappa shape index (κ3) is 66.6. The topological polar surface area (TPSA) is 116 Å². The van der Waals surface area contributed by atoms with E-state index in [1.165, 1.54) is 163 Å². The van der Waals surface area contributed by atoms with Crippen LogP contribution in [0.3, 0.4) is 0 Å². The van der Waals surface area contributed by atoms with Crippen LogP contribution in [0.5, 0.6) is 0 Å². The summed E-state index contributed by atoms with van der Waals surface area (Å²) in [6.07, 6.45) is 34.2. The maximum Gasteiger partial charge on any atom is 0.109 e. The van der Waals surface area contributed by atoms with Crippen LogP contribution in [-0.4, -0.2) is 40.3 Å². The van der Waals surface area contributed by atoms with Crippen molar-refractivity contribution >= 4 is 11.3 Å². The summed E-state index contributed by atoms with van der Waals surface area (Å²) in [4.78, 5) is 19.7. The first-order chi connectivity index (χ1) is 65.7. The van der Waals surface area contributed by atoms with Gasteiger partial charge < -0.3 is 4.42 Å². The highest BCUT2D eigenvalue weighted by Gasteiger charge is 2.28. The van der Waals surface area contributed by atoms with Crippen molar-refractivity contribution in [1.82, 2.24) is 40.3 Å². The van der Waals surface area contributed by atoms with Gasteiger partial charge in [-0.3, -0.25) is 15.0 Å². The minimum absolute atomic E-state index is 0.0928. The van der Waals surface area contributed by atoms with E-state index in [-0.39, 0.29) is 48.7 Å². The summed E-state index contributed by atoms with van der Waals surface area (Å²) in [5.74, 6) is 1.08. The van der Waals surface area contributed by atoms with E-state index < -0.39 is 0 Å². The van der Waals surface area contributed by atoms with E-state index in [9.17, 15) is 0 Å². The minimum atomic E-state index is 0.0928. The first-order valence-corrected chi connectivity index (χ1v) is 57.3. The summed E-state index contributed by atoms with van der Waals surface area (Å²) in [6.45, 7) is 122. The Kier molecular flexibility index (Phi) is 54.6. The molecule has 0 aliphatic heterocycles. The van der Waals surface area contributed by atoms with Crippen LogP contribution in [0.25, 0.3) is 0 Å². The predicted molar refractivity (Wildman–Crippen MR) is 647 cm³/mol. The Hall–Kier alpha value is -7.04. The van der Waals surface area contributed by atoms with Crippen molar-refractivity contribution in [3.63, 3.8) is 0 Å². The van der Waals surface area contributed by atoms with Crippen LogP contribution < -0.4 is 0 Å².